The Balaban J connectivity index is 1.14. The lowest BCUT2D eigenvalue weighted by atomic mass is 9.94. The van der Waals surface area contributed by atoms with Gasteiger partial charge in [0, 0.05) is 32.2 Å². The van der Waals surface area contributed by atoms with Gasteiger partial charge in [-0.3, -0.25) is 0 Å². The monoisotopic (exact) mass is 579 g/mol. The molecule has 0 saturated carbocycles. The lowest BCUT2D eigenvalue weighted by molar-refractivity contribution is 1.28. The van der Waals surface area contributed by atoms with E-state index in [-0.39, 0.29) is 0 Å². The molecular formula is C42H29NS. The molecule has 0 atom stereocenters. The molecule has 1 nitrogen and oxygen atoms in total. The average Bonchev–Trinajstić information content (AvgIpc) is 3.10. The predicted molar refractivity (Wildman–Crippen MR) is 189 cm³/mol. The summed E-state index contributed by atoms with van der Waals surface area (Å²) in [6, 6.07) is 57.0. The molecule has 0 fully saturated rings. The van der Waals surface area contributed by atoms with E-state index >= 15 is 0 Å². The summed E-state index contributed by atoms with van der Waals surface area (Å²) in [4.78, 5) is 4.96. The summed E-state index contributed by atoms with van der Waals surface area (Å²) in [6.45, 7) is 3.87. The highest BCUT2D eigenvalue weighted by atomic mass is 32.2. The molecule has 0 amide bonds. The van der Waals surface area contributed by atoms with Crippen LogP contribution < -0.4 is 4.90 Å². The van der Waals surface area contributed by atoms with Gasteiger partial charge in [-0.05, 0) is 98.9 Å². The Kier molecular flexibility index (Phi) is 6.63. The molecule has 7 aromatic carbocycles. The molecule has 1 heterocycles. The molecule has 0 bridgehead atoms. The fourth-order valence-corrected chi connectivity index (χ4v) is 7.31. The molecule has 8 rings (SSSR count). The number of para-hydroxylation sites is 1. The van der Waals surface area contributed by atoms with E-state index in [1.165, 1.54) is 53.9 Å². The number of hydrogen-bond donors (Lipinski definition) is 0. The number of benzene rings is 7. The fraction of sp³-hybridized carbons (Fsp3) is 0. The van der Waals surface area contributed by atoms with E-state index in [9.17, 15) is 0 Å². The Bertz CT molecular complexity index is 2120. The van der Waals surface area contributed by atoms with Crippen molar-refractivity contribution in [2.45, 2.75) is 9.79 Å². The number of anilines is 3. The van der Waals surface area contributed by atoms with Crippen LogP contribution in [0.5, 0.6) is 0 Å². The minimum atomic E-state index is 1.12. The maximum Gasteiger partial charge on any atom is 0.0462 e. The van der Waals surface area contributed by atoms with Crippen LogP contribution >= 0.6 is 11.8 Å². The second-order valence-electron chi connectivity index (χ2n) is 11.1. The molecule has 1 aliphatic rings. The Morgan fingerprint density at radius 1 is 0.455 bits per heavy atom. The number of rotatable bonds is 6. The van der Waals surface area contributed by atoms with Crippen molar-refractivity contribution in [3.05, 3.63) is 170 Å². The smallest absolute Gasteiger partial charge is 0.0462 e. The number of fused-ring (bicyclic) bond motifs is 2. The third-order valence-corrected chi connectivity index (χ3v) is 9.57. The van der Waals surface area contributed by atoms with Crippen molar-refractivity contribution in [1.82, 2.24) is 0 Å². The van der Waals surface area contributed by atoms with Crippen LogP contribution in [0, 0.1) is 0 Å². The number of nitrogens with zero attached hydrogens (tertiary/aromatic N) is 1. The zero-order valence-corrected chi connectivity index (χ0v) is 25.0. The SMILES string of the molecule is C=Cc1ccc(-c2ccc(N(c3ccccc3)c3ccc(-c4ccc5c(c4)-c4cccc6cccc(c46)S5)cc3)cc2)cc1. The van der Waals surface area contributed by atoms with Gasteiger partial charge < -0.3 is 4.90 Å². The van der Waals surface area contributed by atoms with E-state index in [4.69, 9.17) is 0 Å². The summed E-state index contributed by atoms with van der Waals surface area (Å²) in [5, 5.41) is 2.66. The average molecular weight is 580 g/mol. The quantitative estimate of drug-likeness (QED) is 0.193. The van der Waals surface area contributed by atoms with Gasteiger partial charge in [0.2, 0.25) is 0 Å². The van der Waals surface area contributed by atoms with Gasteiger partial charge in [0.15, 0.2) is 0 Å². The van der Waals surface area contributed by atoms with Crippen LogP contribution in [0.15, 0.2) is 174 Å². The van der Waals surface area contributed by atoms with Crippen LogP contribution in [0.25, 0.3) is 50.2 Å². The van der Waals surface area contributed by atoms with E-state index in [1.54, 1.807) is 0 Å². The molecule has 0 saturated heterocycles. The molecule has 44 heavy (non-hydrogen) atoms. The Morgan fingerprint density at radius 3 is 1.68 bits per heavy atom. The van der Waals surface area contributed by atoms with E-state index in [2.05, 4.69) is 169 Å². The van der Waals surface area contributed by atoms with Gasteiger partial charge in [0.25, 0.3) is 0 Å². The molecule has 0 spiro atoms. The maximum atomic E-state index is 3.87. The normalized spacial score (nSPS) is 11.6. The van der Waals surface area contributed by atoms with Gasteiger partial charge in [0.05, 0.1) is 0 Å². The lowest BCUT2D eigenvalue weighted by Gasteiger charge is -2.26. The second kappa shape index (κ2) is 11.1. The fourth-order valence-electron chi connectivity index (χ4n) is 6.19. The first-order valence-electron chi connectivity index (χ1n) is 14.9. The molecule has 2 heteroatoms. The summed E-state index contributed by atoms with van der Waals surface area (Å²) < 4.78 is 0. The lowest BCUT2D eigenvalue weighted by Crippen LogP contribution is -2.09. The molecule has 208 valence electrons. The zero-order valence-electron chi connectivity index (χ0n) is 24.2. The topological polar surface area (TPSA) is 3.24 Å². The van der Waals surface area contributed by atoms with Crippen molar-refractivity contribution in [2.75, 3.05) is 4.90 Å². The summed E-state index contributed by atoms with van der Waals surface area (Å²) in [5.41, 5.74) is 11.9. The van der Waals surface area contributed by atoms with Crippen molar-refractivity contribution in [2.24, 2.45) is 0 Å². The van der Waals surface area contributed by atoms with Gasteiger partial charge in [-0.1, -0.05) is 128 Å². The van der Waals surface area contributed by atoms with E-state index < -0.39 is 0 Å². The Morgan fingerprint density at radius 2 is 1.02 bits per heavy atom. The van der Waals surface area contributed by atoms with Crippen LogP contribution in [0.3, 0.4) is 0 Å². The van der Waals surface area contributed by atoms with Gasteiger partial charge in [-0.15, -0.1) is 0 Å². The summed E-state index contributed by atoms with van der Waals surface area (Å²) in [6.07, 6.45) is 1.87. The highest BCUT2D eigenvalue weighted by molar-refractivity contribution is 7.99. The predicted octanol–water partition coefficient (Wildman–Crippen LogP) is 12.4. The maximum absolute atomic E-state index is 3.87. The van der Waals surface area contributed by atoms with Gasteiger partial charge in [-0.25, -0.2) is 0 Å². The largest absolute Gasteiger partial charge is 0.311 e. The molecular weight excluding hydrogens is 551 g/mol. The molecule has 0 aromatic heterocycles. The van der Waals surface area contributed by atoms with E-state index in [1.807, 2.05) is 17.8 Å². The van der Waals surface area contributed by atoms with Gasteiger partial charge in [-0.2, -0.15) is 0 Å². The molecule has 0 N–H and O–H groups in total. The van der Waals surface area contributed by atoms with Crippen LogP contribution in [0.2, 0.25) is 0 Å². The van der Waals surface area contributed by atoms with Crippen molar-refractivity contribution in [1.29, 1.82) is 0 Å². The first kappa shape index (κ1) is 26.3. The van der Waals surface area contributed by atoms with Crippen LogP contribution in [0.1, 0.15) is 5.56 Å². The summed E-state index contributed by atoms with van der Waals surface area (Å²) in [7, 11) is 0. The molecule has 1 aliphatic heterocycles. The highest BCUT2D eigenvalue weighted by Crippen LogP contribution is 2.48. The van der Waals surface area contributed by atoms with Gasteiger partial charge in [0.1, 0.15) is 0 Å². The zero-order chi connectivity index (χ0) is 29.5. The minimum absolute atomic E-state index is 1.12. The standard InChI is InChI=1S/C42H29NS/c1-2-29-14-16-30(17-15-29)31-18-23-36(24-19-31)43(35-10-4-3-5-11-35)37-25-20-32(21-26-37)34-22-27-40-39(28-34)38-12-6-8-33-9-7-13-41(44-40)42(33)38/h2-28H,1H2. The van der Waals surface area contributed by atoms with Crippen molar-refractivity contribution in [3.8, 4) is 33.4 Å². The van der Waals surface area contributed by atoms with Gasteiger partial charge >= 0.3 is 0 Å². The molecule has 7 aromatic rings. The van der Waals surface area contributed by atoms with Crippen molar-refractivity contribution in [3.63, 3.8) is 0 Å². The third-order valence-electron chi connectivity index (χ3n) is 8.43. The summed E-state index contributed by atoms with van der Waals surface area (Å²) in [5.74, 6) is 0. The van der Waals surface area contributed by atoms with Crippen LogP contribution in [-0.2, 0) is 0 Å². The van der Waals surface area contributed by atoms with E-state index in [0.717, 1.165) is 22.6 Å². The highest BCUT2D eigenvalue weighted by Gasteiger charge is 2.20. The molecule has 0 aliphatic carbocycles. The second-order valence-corrected chi connectivity index (χ2v) is 12.1. The summed E-state index contributed by atoms with van der Waals surface area (Å²) >= 11 is 1.87. The minimum Gasteiger partial charge on any atom is -0.311 e. The first-order chi connectivity index (χ1) is 21.7. The first-order valence-corrected chi connectivity index (χ1v) is 15.7. The molecule has 0 radical (unpaired) electrons. The van der Waals surface area contributed by atoms with E-state index in [0.29, 0.717) is 0 Å². The van der Waals surface area contributed by atoms with Crippen molar-refractivity contribution < 1.29 is 0 Å². The van der Waals surface area contributed by atoms with Crippen molar-refractivity contribution >= 4 is 45.7 Å². The number of hydrogen-bond acceptors (Lipinski definition) is 2. The van der Waals surface area contributed by atoms with Crippen LogP contribution in [0.4, 0.5) is 17.1 Å². The molecule has 0 unspecified atom stereocenters. The Hall–Kier alpha value is -5.31. The third kappa shape index (κ3) is 4.70. The van der Waals surface area contributed by atoms with Crippen LogP contribution in [-0.4, -0.2) is 0 Å². The Labute approximate surface area is 262 Å².